The molecule has 0 saturated carbocycles. The number of halogens is 3. The number of likely N-dealkylation sites (N-methyl/N-ethyl adjacent to an activating group) is 1. The van der Waals surface area contributed by atoms with Crippen molar-refractivity contribution in [2.45, 2.75) is 26.1 Å². The lowest BCUT2D eigenvalue weighted by Gasteiger charge is -2.30. The van der Waals surface area contributed by atoms with Crippen LogP contribution in [-0.2, 0) is 11.3 Å². The molecular formula is C17H24F3N3O. The van der Waals surface area contributed by atoms with Gasteiger partial charge in [0, 0.05) is 26.2 Å². The molecule has 0 aliphatic carbocycles. The summed E-state index contributed by atoms with van der Waals surface area (Å²) in [4.78, 5) is 14.0. The molecule has 0 spiro atoms. The molecule has 0 bridgehead atoms. The number of carbonyl (C=O) groups is 1. The summed E-state index contributed by atoms with van der Waals surface area (Å²) in [5.74, 6) is -0.913. The zero-order valence-corrected chi connectivity index (χ0v) is 13.8. The Kier molecular flexibility index (Phi) is 6.23. The lowest BCUT2D eigenvalue weighted by molar-refractivity contribution is -0.218. The lowest BCUT2D eigenvalue weighted by Crippen LogP contribution is -2.53. The van der Waals surface area contributed by atoms with Crippen LogP contribution in [0.2, 0.25) is 0 Å². The zero-order valence-electron chi connectivity index (χ0n) is 13.8. The Balaban J connectivity index is 2.03. The van der Waals surface area contributed by atoms with Gasteiger partial charge in [-0.25, -0.2) is 0 Å². The van der Waals surface area contributed by atoms with E-state index in [1.807, 2.05) is 37.3 Å². The van der Waals surface area contributed by atoms with Crippen molar-refractivity contribution >= 4 is 5.91 Å². The van der Waals surface area contributed by atoms with Crippen molar-refractivity contribution < 1.29 is 18.0 Å². The first-order valence-electron chi connectivity index (χ1n) is 8.21. The second-order valence-electron chi connectivity index (χ2n) is 6.14. The van der Waals surface area contributed by atoms with Gasteiger partial charge >= 0.3 is 6.18 Å². The number of alkyl halides is 3. The molecule has 1 aromatic carbocycles. The van der Waals surface area contributed by atoms with Gasteiger partial charge in [-0.2, -0.15) is 13.2 Å². The lowest BCUT2D eigenvalue weighted by atomic mass is 9.85. The highest BCUT2D eigenvalue weighted by molar-refractivity contribution is 5.84. The molecule has 24 heavy (non-hydrogen) atoms. The van der Waals surface area contributed by atoms with Gasteiger partial charge < -0.3 is 10.6 Å². The Bertz CT molecular complexity index is 536. The van der Waals surface area contributed by atoms with E-state index in [0.29, 0.717) is 19.6 Å². The van der Waals surface area contributed by atoms with Crippen molar-refractivity contribution in [3.63, 3.8) is 0 Å². The first kappa shape index (κ1) is 18.7. The molecule has 1 saturated heterocycles. The summed E-state index contributed by atoms with van der Waals surface area (Å²) in [6.45, 7) is 3.66. The molecule has 1 amide bonds. The van der Waals surface area contributed by atoms with Gasteiger partial charge in [0.05, 0.1) is 0 Å². The zero-order chi connectivity index (χ0) is 17.6. The van der Waals surface area contributed by atoms with Crippen molar-refractivity contribution in [2.24, 2.45) is 5.41 Å². The Morgan fingerprint density at radius 3 is 2.58 bits per heavy atom. The highest BCUT2D eigenvalue weighted by Crippen LogP contribution is 2.46. The van der Waals surface area contributed by atoms with Gasteiger partial charge in [-0.05, 0) is 25.1 Å². The van der Waals surface area contributed by atoms with Gasteiger partial charge in [0.1, 0.15) is 0 Å². The van der Waals surface area contributed by atoms with Crippen molar-refractivity contribution in [1.82, 2.24) is 15.5 Å². The average Bonchev–Trinajstić information content (AvgIpc) is 2.97. The molecule has 0 radical (unpaired) electrons. The third-order valence-electron chi connectivity index (χ3n) is 4.41. The minimum atomic E-state index is -4.55. The third-order valence-corrected chi connectivity index (χ3v) is 4.41. The first-order chi connectivity index (χ1) is 11.4. The first-order valence-corrected chi connectivity index (χ1v) is 8.21. The minimum absolute atomic E-state index is 0.198. The van der Waals surface area contributed by atoms with E-state index in [9.17, 15) is 18.0 Å². The summed E-state index contributed by atoms with van der Waals surface area (Å²) in [7, 11) is 0. The predicted octanol–water partition coefficient (Wildman–Crippen LogP) is 2.17. The fourth-order valence-corrected chi connectivity index (χ4v) is 3.02. The highest BCUT2D eigenvalue weighted by Gasteiger charge is 2.62. The monoisotopic (exact) mass is 343 g/mol. The number of likely N-dealkylation sites (tertiary alicyclic amines) is 1. The van der Waals surface area contributed by atoms with Crippen LogP contribution in [0.5, 0.6) is 0 Å². The predicted molar refractivity (Wildman–Crippen MR) is 86.4 cm³/mol. The SMILES string of the molecule is CCNCCNC(=O)C1(C(F)(F)F)CCN(Cc2ccccc2)C1. The van der Waals surface area contributed by atoms with Gasteiger partial charge in [-0.3, -0.25) is 9.69 Å². The number of nitrogens with one attached hydrogen (secondary N) is 2. The smallest absolute Gasteiger partial charge is 0.354 e. The molecule has 7 heteroatoms. The molecule has 1 aliphatic rings. The van der Waals surface area contributed by atoms with E-state index in [1.165, 1.54) is 0 Å². The van der Waals surface area contributed by atoms with Crippen molar-refractivity contribution in [3.8, 4) is 0 Å². The molecule has 4 nitrogen and oxygen atoms in total. The molecule has 1 aromatic rings. The number of amides is 1. The van der Waals surface area contributed by atoms with Crippen LogP contribution in [0.3, 0.4) is 0 Å². The molecule has 2 N–H and O–H groups in total. The summed E-state index contributed by atoms with van der Waals surface area (Å²) in [5.41, 5.74) is -1.36. The normalized spacial score (nSPS) is 21.8. The number of nitrogens with zero attached hydrogens (tertiary/aromatic N) is 1. The molecular weight excluding hydrogens is 319 g/mol. The van der Waals surface area contributed by atoms with Gasteiger partial charge in [0.2, 0.25) is 5.91 Å². The van der Waals surface area contributed by atoms with Crippen molar-refractivity contribution in [3.05, 3.63) is 35.9 Å². The maximum Gasteiger partial charge on any atom is 0.404 e. The Morgan fingerprint density at radius 1 is 1.25 bits per heavy atom. The fourth-order valence-electron chi connectivity index (χ4n) is 3.02. The van der Waals surface area contributed by atoms with Gasteiger partial charge in [-0.1, -0.05) is 37.3 Å². The number of hydrogen-bond acceptors (Lipinski definition) is 3. The second-order valence-corrected chi connectivity index (χ2v) is 6.14. The van der Waals surface area contributed by atoms with Crippen LogP contribution in [0.1, 0.15) is 18.9 Å². The molecule has 134 valence electrons. The third kappa shape index (κ3) is 4.27. The maximum absolute atomic E-state index is 13.7. The van der Waals surface area contributed by atoms with Gasteiger partial charge in [0.15, 0.2) is 5.41 Å². The van der Waals surface area contributed by atoms with Gasteiger partial charge in [-0.15, -0.1) is 0 Å². The van der Waals surface area contributed by atoms with Gasteiger partial charge in [0.25, 0.3) is 0 Å². The van der Waals surface area contributed by atoms with E-state index in [-0.39, 0.29) is 26.1 Å². The standard InChI is InChI=1S/C17H24F3N3O/c1-2-21-9-10-22-15(24)16(17(18,19)20)8-11-23(13-16)12-14-6-4-3-5-7-14/h3-7,21H,2,8-13H2,1H3,(H,22,24). The van der Waals surface area contributed by atoms with Crippen LogP contribution >= 0.6 is 0 Å². The van der Waals surface area contributed by atoms with E-state index in [1.54, 1.807) is 4.90 Å². The van der Waals surface area contributed by atoms with Crippen molar-refractivity contribution in [2.75, 3.05) is 32.7 Å². The van der Waals surface area contributed by atoms with E-state index < -0.39 is 17.5 Å². The van der Waals surface area contributed by atoms with Crippen molar-refractivity contribution in [1.29, 1.82) is 0 Å². The minimum Gasteiger partial charge on any atom is -0.354 e. The Labute approximate surface area is 140 Å². The quantitative estimate of drug-likeness (QED) is 0.746. The number of hydrogen-bond donors (Lipinski definition) is 2. The second kappa shape index (κ2) is 7.98. The Morgan fingerprint density at radius 2 is 1.96 bits per heavy atom. The maximum atomic E-state index is 13.7. The summed E-state index contributed by atoms with van der Waals surface area (Å²) in [6.07, 6.45) is -4.75. The van der Waals surface area contributed by atoms with Crippen LogP contribution in [0.25, 0.3) is 0 Å². The van der Waals surface area contributed by atoms with E-state index in [4.69, 9.17) is 0 Å². The van der Waals surface area contributed by atoms with E-state index in [2.05, 4.69) is 10.6 Å². The number of rotatable bonds is 7. The fraction of sp³-hybridized carbons (Fsp3) is 0.588. The molecule has 1 heterocycles. The summed E-state index contributed by atoms with van der Waals surface area (Å²) < 4.78 is 41.0. The topological polar surface area (TPSA) is 44.4 Å². The molecule has 2 rings (SSSR count). The summed E-state index contributed by atoms with van der Waals surface area (Å²) >= 11 is 0. The summed E-state index contributed by atoms with van der Waals surface area (Å²) in [5, 5.41) is 5.42. The largest absolute Gasteiger partial charge is 0.404 e. The van der Waals surface area contributed by atoms with Crippen LogP contribution in [0.4, 0.5) is 13.2 Å². The average molecular weight is 343 g/mol. The van der Waals surface area contributed by atoms with Crippen LogP contribution in [-0.4, -0.2) is 49.7 Å². The number of benzene rings is 1. The molecule has 0 aromatic heterocycles. The van der Waals surface area contributed by atoms with Crippen LogP contribution in [0.15, 0.2) is 30.3 Å². The number of carbonyl (C=O) groups excluding carboxylic acids is 1. The van der Waals surface area contributed by atoms with E-state index >= 15 is 0 Å². The molecule has 1 fully saturated rings. The van der Waals surface area contributed by atoms with Crippen LogP contribution < -0.4 is 10.6 Å². The Hall–Kier alpha value is -1.60. The molecule has 1 unspecified atom stereocenters. The summed E-state index contributed by atoms with van der Waals surface area (Å²) in [6, 6.07) is 9.34. The van der Waals surface area contributed by atoms with Crippen LogP contribution in [0, 0.1) is 5.41 Å². The highest BCUT2D eigenvalue weighted by atomic mass is 19.4. The van der Waals surface area contributed by atoms with E-state index in [0.717, 1.165) is 5.56 Å². The molecule has 1 aliphatic heterocycles. The molecule has 1 atom stereocenters.